The van der Waals surface area contributed by atoms with Crippen LogP contribution in [-0.2, 0) is 31.4 Å². The van der Waals surface area contributed by atoms with Gasteiger partial charge in [-0.15, -0.1) is 0 Å². The molecule has 136 valence electrons. The molecule has 0 unspecified atom stereocenters. The number of hydrogen-bond acceptors (Lipinski definition) is 4. The van der Waals surface area contributed by atoms with Crippen LogP contribution in [0.15, 0.2) is 47.4 Å². The summed E-state index contributed by atoms with van der Waals surface area (Å²) in [6.07, 6.45) is 0. The van der Waals surface area contributed by atoms with E-state index in [1.54, 1.807) is 24.3 Å². The third-order valence-electron chi connectivity index (χ3n) is 3.49. The zero-order chi connectivity index (χ0) is 18.8. The van der Waals surface area contributed by atoms with Crippen LogP contribution in [0.4, 0.5) is 0 Å². The first-order valence-corrected chi connectivity index (χ1v) is 11.2. The van der Waals surface area contributed by atoms with Crippen LogP contribution in [0, 0.1) is 0 Å². The van der Waals surface area contributed by atoms with Gasteiger partial charge in [0.15, 0.2) is 9.84 Å². The minimum atomic E-state index is -3.63. The van der Waals surface area contributed by atoms with Crippen molar-refractivity contribution in [1.29, 1.82) is 0 Å². The van der Waals surface area contributed by atoms with Crippen molar-refractivity contribution in [2.75, 3.05) is 14.1 Å². The fourth-order valence-electron chi connectivity index (χ4n) is 2.20. The highest BCUT2D eigenvalue weighted by atomic mass is 35.5. The summed E-state index contributed by atoms with van der Waals surface area (Å²) in [5.41, 5.74) is 0.717. The number of sulfone groups is 1. The van der Waals surface area contributed by atoms with Crippen LogP contribution < -0.4 is 0 Å². The van der Waals surface area contributed by atoms with Gasteiger partial charge in [-0.25, -0.2) is 21.1 Å². The number of nitrogens with zero attached hydrogens (tertiary/aromatic N) is 1. The summed E-state index contributed by atoms with van der Waals surface area (Å²) in [6, 6.07) is 10.7. The van der Waals surface area contributed by atoms with Gasteiger partial charge in [0.1, 0.15) is 0 Å². The summed E-state index contributed by atoms with van der Waals surface area (Å²) < 4.78 is 50.4. The molecule has 0 bridgehead atoms. The Hall–Kier alpha value is -1.12. The molecule has 5 nitrogen and oxygen atoms in total. The van der Waals surface area contributed by atoms with E-state index in [2.05, 4.69) is 0 Å². The maximum absolute atomic E-state index is 12.5. The fraction of sp³-hybridized carbons (Fsp3) is 0.250. The Morgan fingerprint density at radius 2 is 1.44 bits per heavy atom. The zero-order valence-corrected chi connectivity index (χ0v) is 16.8. The van der Waals surface area contributed by atoms with E-state index in [4.69, 9.17) is 23.2 Å². The minimum Gasteiger partial charge on any atom is -0.228 e. The lowest BCUT2D eigenvalue weighted by Gasteiger charge is -2.13. The quantitative estimate of drug-likeness (QED) is 0.716. The van der Waals surface area contributed by atoms with Crippen molar-refractivity contribution in [2.24, 2.45) is 0 Å². The third-order valence-corrected chi connectivity index (χ3v) is 7.51. The highest BCUT2D eigenvalue weighted by Crippen LogP contribution is 2.27. The number of halogens is 2. The van der Waals surface area contributed by atoms with Gasteiger partial charge in [-0.05, 0) is 29.8 Å². The first-order chi connectivity index (χ1) is 11.5. The molecule has 25 heavy (non-hydrogen) atoms. The lowest BCUT2D eigenvalue weighted by molar-refractivity contribution is 0.520. The first kappa shape index (κ1) is 20.2. The lowest BCUT2D eigenvalue weighted by Crippen LogP contribution is -2.22. The van der Waals surface area contributed by atoms with E-state index in [0.29, 0.717) is 11.1 Å². The average molecular weight is 422 g/mol. The van der Waals surface area contributed by atoms with E-state index in [1.807, 2.05) is 0 Å². The van der Waals surface area contributed by atoms with Crippen molar-refractivity contribution >= 4 is 43.1 Å². The maximum Gasteiger partial charge on any atom is 0.242 e. The normalized spacial score (nSPS) is 12.5. The Labute approximate surface area is 158 Å². The van der Waals surface area contributed by atoms with Crippen LogP contribution >= 0.6 is 23.2 Å². The summed E-state index contributed by atoms with van der Waals surface area (Å²) in [7, 11) is -4.39. The molecule has 0 atom stereocenters. The third kappa shape index (κ3) is 4.95. The highest BCUT2D eigenvalue weighted by molar-refractivity contribution is 7.90. The van der Waals surface area contributed by atoms with Gasteiger partial charge in [-0.1, -0.05) is 41.4 Å². The molecule has 0 heterocycles. The van der Waals surface area contributed by atoms with E-state index >= 15 is 0 Å². The summed E-state index contributed by atoms with van der Waals surface area (Å²) in [5.74, 6) is -0.637. The summed E-state index contributed by atoms with van der Waals surface area (Å²) in [5, 5.41) is 0.556. The van der Waals surface area contributed by atoms with E-state index in [0.717, 1.165) is 4.31 Å². The van der Waals surface area contributed by atoms with Gasteiger partial charge in [0.2, 0.25) is 10.0 Å². The number of hydrogen-bond donors (Lipinski definition) is 0. The molecule has 2 aromatic carbocycles. The molecule has 0 spiro atoms. The topological polar surface area (TPSA) is 71.5 Å². The second-order valence-electron chi connectivity index (χ2n) is 5.67. The number of rotatable bonds is 6. The number of benzene rings is 2. The van der Waals surface area contributed by atoms with Crippen LogP contribution in [-0.4, -0.2) is 35.2 Å². The summed E-state index contributed by atoms with van der Waals surface area (Å²) in [4.78, 5) is 0.0426. The zero-order valence-electron chi connectivity index (χ0n) is 13.6. The van der Waals surface area contributed by atoms with Gasteiger partial charge in [-0.2, -0.15) is 0 Å². The molecule has 0 aromatic heterocycles. The van der Waals surface area contributed by atoms with Crippen molar-refractivity contribution in [3.05, 3.63) is 63.6 Å². The molecule has 2 rings (SSSR count). The summed E-state index contributed by atoms with van der Waals surface area (Å²) in [6.45, 7) is 0. The van der Waals surface area contributed by atoms with Crippen LogP contribution in [0.2, 0.25) is 10.0 Å². The lowest BCUT2D eigenvalue weighted by atomic mass is 10.2. The van der Waals surface area contributed by atoms with Crippen molar-refractivity contribution in [2.45, 2.75) is 16.4 Å². The Morgan fingerprint density at radius 3 is 2.00 bits per heavy atom. The predicted molar refractivity (Wildman–Crippen MR) is 100 cm³/mol. The first-order valence-electron chi connectivity index (χ1n) is 7.18. The standard InChI is InChI=1S/C16H17Cl2NO4S2/c1-19(2)25(22,23)13-6-3-5-12(9-13)10-24(20,21)11-14-15(17)7-4-8-16(14)18/h3-9H,10-11H2,1-2H3. The van der Waals surface area contributed by atoms with Crippen LogP contribution in [0.1, 0.15) is 11.1 Å². The van der Waals surface area contributed by atoms with E-state index < -0.39 is 19.9 Å². The summed E-state index contributed by atoms with van der Waals surface area (Å²) >= 11 is 12.0. The molecule has 0 amide bonds. The van der Waals surface area contributed by atoms with Crippen molar-refractivity contribution in [3.63, 3.8) is 0 Å². The van der Waals surface area contributed by atoms with Crippen LogP contribution in [0.3, 0.4) is 0 Å². The average Bonchev–Trinajstić information content (AvgIpc) is 2.51. The van der Waals surface area contributed by atoms with Crippen molar-refractivity contribution < 1.29 is 16.8 Å². The van der Waals surface area contributed by atoms with Gasteiger partial charge in [0.05, 0.1) is 16.4 Å². The molecular weight excluding hydrogens is 405 g/mol. The van der Waals surface area contributed by atoms with E-state index in [-0.39, 0.29) is 26.4 Å². The smallest absolute Gasteiger partial charge is 0.228 e. The Kier molecular flexibility index (Phi) is 6.17. The maximum atomic E-state index is 12.5. The van der Waals surface area contributed by atoms with E-state index in [1.165, 1.54) is 32.3 Å². The highest BCUT2D eigenvalue weighted by Gasteiger charge is 2.20. The van der Waals surface area contributed by atoms with Gasteiger partial charge in [0.25, 0.3) is 0 Å². The Morgan fingerprint density at radius 1 is 0.880 bits per heavy atom. The van der Waals surface area contributed by atoms with Crippen molar-refractivity contribution in [3.8, 4) is 0 Å². The molecule has 0 fully saturated rings. The molecule has 0 radical (unpaired) electrons. The molecule has 0 aliphatic carbocycles. The van der Waals surface area contributed by atoms with Gasteiger partial charge in [0, 0.05) is 29.7 Å². The van der Waals surface area contributed by atoms with Crippen LogP contribution in [0.5, 0.6) is 0 Å². The fourth-order valence-corrected chi connectivity index (χ4v) is 5.40. The molecule has 9 heteroatoms. The monoisotopic (exact) mass is 421 g/mol. The largest absolute Gasteiger partial charge is 0.242 e. The SMILES string of the molecule is CN(C)S(=O)(=O)c1cccc(CS(=O)(=O)Cc2c(Cl)cccc2Cl)c1. The Bertz CT molecular complexity index is 967. The molecule has 0 saturated heterocycles. The molecule has 0 aliphatic heterocycles. The van der Waals surface area contributed by atoms with E-state index in [9.17, 15) is 16.8 Å². The minimum absolute atomic E-state index is 0.0426. The Balaban J connectivity index is 2.30. The predicted octanol–water partition coefficient (Wildman–Crippen LogP) is 3.36. The second-order valence-corrected chi connectivity index (χ2v) is 10.7. The van der Waals surface area contributed by atoms with Crippen LogP contribution in [0.25, 0.3) is 0 Å². The molecule has 0 aliphatic rings. The van der Waals surface area contributed by atoms with Gasteiger partial charge < -0.3 is 0 Å². The van der Waals surface area contributed by atoms with Gasteiger partial charge >= 0.3 is 0 Å². The molecular formula is C16H17Cl2NO4S2. The van der Waals surface area contributed by atoms with Crippen molar-refractivity contribution in [1.82, 2.24) is 4.31 Å². The molecule has 0 N–H and O–H groups in total. The molecule has 0 saturated carbocycles. The van der Waals surface area contributed by atoms with Gasteiger partial charge in [-0.3, -0.25) is 0 Å². The second kappa shape index (κ2) is 7.63. The number of sulfonamides is 1. The molecule has 2 aromatic rings.